The lowest BCUT2D eigenvalue weighted by molar-refractivity contribution is 0.0998. The molecule has 2 saturated heterocycles. The highest BCUT2D eigenvalue weighted by atomic mass is 35.5. The van der Waals surface area contributed by atoms with Gasteiger partial charge in [0.1, 0.15) is 5.82 Å². The Bertz CT molecular complexity index is 460. The largest absolute Gasteiger partial charge is 0.374 e. The van der Waals surface area contributed by atoms with Gasteiger partial charge in [-0.25, -0.2) is 4.98 Å². The molecule has 86 valence electrons. The van der Waals surface area contributed by atoms with Crippen LogP contribution in [0, 0.1) is 0 Å². The summed E-state index contributed by atoms with van der Waals surface area (Å²) >= 11 is 5.71. The van der Waals surface area contributed by atoms with Gasteiger partial charge in [0.2, 0.25) is 0 Å². The van der Waals surface area contributed by atoms with E-state index in [1.807, 2.05) is 0 Å². The number of aromatic nitrogens is 2. The standard InChI is InChI=1S/C11H13ClN2O2/c12-5-6-3-10(15)14-11(13-6)8-4-7-1-2-9(8)16-7/h3,7-9H,1-2,4-5H2,(H,13,14,15). The van der Waals surface area contributed by atoms with Crippen LogP contribution >= 0.6 is 11.6 Å². The van der Waals surface area contributed by atoms with E-state index in [4.69, 9.17) is 16.3 Å². The van der Waals surface area contributed by atoms with Crippen molar-refractivity contribution in [3.05, 3.63) is 27.9 Å². The fourth-order valence-electron chi connectivity index (χ4n) is 2.70. The molecule has 3 atom stereocenters. The Morgan fingerprint density at radius 2 is 2.44 bits per heavy atom. The first kappa shape index (κ1) is 10.3. The van der Waals surface area contributed by atoms with Gasteiger partial charge in [-0.15, -0.1) is 11.6 Å². The van der Waals surface area contributed by atoms with Crippen molar-refractivity contribution in [1.82, 2.24) is 9.97 Å². The number of hydrogen-bond donors (Lipinski definition) is 1. The lowest BCUT2D eigenvalue weighted by Gasteiger charge is -2.17. The van der Waals surface area contributed by atoms with Crippen molar-refractivity contribution in [3.8, 4) is 0 Å². The van der Waals surface area contributed by atoms with Gasteiger partial charge in [0.25, 0.3) is 5.56 Å². The summed E-state index contributed by atoms with van der Waals surface area (Å²) in [7, 11) is 0. The van der Waals surface area contributed by atoms with Crippen LogP contribution in [0.15, 0.2) is 10.9 Å². The van der Waals surface area contributed by atoms with Gasteiger partial charge in [-0.05, 0) is 19.3 Å². The SMILES string of the molecule is O=c1cc(CCl)nc(C2CC3CCC2O3)[nH]1. The van der Waals surface area contributed by atoms with E-state index in [2.05, 4.69) is 9.97 Å². The van der Waals surface area contributed by atoms with Crippen LogP contribution in [0.1, 0.15) is 36.7 Å². The molecule has 1 aromatic heterocycles. The van der Waals surface area contributed by atoms with Crippen molar-refractivity contribution >= 4 is 11.6 Å². The molecular weight excluding hydrogens is 228 g/mol. The van der Waals surface area contributed by atoms with Crippen molar-refractivity contribution in [1.29, 1.82) is 0 Å². The van der Waals surface area contributed by atoms with Crippen LogP contribution in [0.3, 0.4) is 0 Å². The molecule has 0 aromatic carbocycles. The monoisotopic (exact) mass is 240 g/mol. The van der Waals surface area contributed by atoms with Crippen molar-refractivity contribution in [2.24, 2.45) is 0 Å². The minimum absolute atomic E-state index is 0.122. The lowest BCUT2D eigenvalue weighted by atomic mass is 9.88. The van der Waals surface area contributed by atoms with Gasteiger partial charge in [0.05, 0.1) is 23.8 Å². The molecule has 2 aliphatic heterocycles. The fraction of sp³-hybridized carbons (Fsp3) is 0.636. The average Bonchev–Trinajstić information content (AvgIpc) is 2.89. The molecule has 5 heteroatoms. The molecule has 0 spiro atoms. The highest BCUT2D eigenvalue weighted by Gasteiger charge is 2.42. The normalized spacial score (nSPS) is 32.2. The lowest BCUT2D eigenvalue weighted by Crippen LogP contribution is -2.21. The minimum Gasteiger partial charge on any atom is -0.374 e. The van der Waals surface area contributed by atoms with Gasteiger partial charge in [0, 0.05) is 12.0 Å². The predicted molar refractivity (Wildman–Crippen MR) is 59.7 cm³/mol. The van der Waals surface area contributed by atoms with E-state index in [0.717, 1.165) is 25.1 Å². The Kier molecular flexibility index (Phi) is 2.48. The number of alkyl halides is 1. The molecule has 0 aliphatic carbocycles. The molecule has 0 saturated carbocycles. The Labute approximate surface area is 98.0 Å². The molecule has 2 bridgehead atoms. The maximum Gasteiger partial charge on any atom is 0.251 e. The predicted octanol–water partition coefficient (Wildman–Crippen LogP) is 1.54. The smallest absolute Gasteiger partial charge is 0.251 e. The summed E-state index contributed by atoms with van der Waals surface area (Å²) < 4.78 is 5.76. The Morgan fingerprint density at radius 1 is 1.56 bits per heavy atom. The van der Waals surface area contributed by atoms with Crippen LogP contribution in [-0.2, 0) is 10.6 Å². The Balaban J connectivity index is 1.94. The zero-order chi connectivity index (χ0) is 11.1. The molecule has 2 fully saturated rings. The van der Waals surface area contributed by atoms with Crippen LogP contribution in [-0.4, -0.2) is 22.2 Å². The molecule has 1 N–H and O–H groups in total. The fourth-order valence-corrected chi connectivity index (χ4v) is 2.84. The van der Waals surface area contributed by atoms with Gasteiger partial charge in [-0.3, -0.25) is 4.79 Å². The third-order valence-corrected chi connectivity index (χ3v) is 3.68. The molecule has 16 heavy (non-hydrogen) atoms. The molecule has 3 heterocycles. The van der Waals surface area contributed by atoms with Crippen molar-refractivity contribution in [2.75, 3.05) is 0 Å². The maximum atomic E-state index is 11.4. The molecule has 0 radical (unpaired) electrons. The zero-order valence-corrected chi connectivity index (χ0v) is 9.54. The number of halogens is 1. The van der Waals surface area contributed by atoms with Gasteiger partial charge in [0.15, 0.2) is 0 Å². The van der Waals surface area contributed by atoms with Crippen molar-refractivity contribution in [2.45, 2.75) is 43.3 Å². The van der Waals surface area contributed by atoms with Crippen LogP contribution in [0.5, 0.6) is 0 Å². The third-order valence-electron chi connectivity index (χ3n) is 3.41. The third kappa shape index (κ3) is 1.66. The highest BCUT2D eigenvalue weighted by Crippen LogP contribution is 2.43. The van der Waals surface area contributed by atoms with Gasteiger partial charge < -0.3 is 9.72 Å². The first-order chi connectivity index (χ1) is 7.76. The van der Waals surface area contributed by atoms with Crippen molar-refractivity contribution < 1.29 is 4.74 Å². The van der Waals surface area contributed by atoms with E-state index in [1.165, 1.54) is 6.07 Å². The summed E-state index contributed by atoms with van der Waals surface area (Å²) in [6.45, 7) is 0. The Morgan fingerprint density at radius 3 is 3.06 bits per heavy atom. The van der Waals surface area contributed by atoms with E-state index < -0.39 is 0 Å². The summed E-state index contributed by atoms with van der Waals surface area (Å²) in [6, 6.07) is 1.45. The van der Waals surface area contributed by atoms with E-state index >= 15 is 0 Å². The van der Waals surface area contributed by atoms with Gasteiger partial charge in [-0.1, -0.05) is 0 Å². The van der Waals surface area contributed by atoms with Crippen LogP contribution in [0.25, 0.3) is 0 Å². The molecule has 1 aromatic rings. The number of H-pyrrole nitrogens is 1. The number of nitrogens with one attached hydrogen (secondary N) is 1. The van der Waals surface area contributed by atoms with Gasteiger partial charge >= 0.3 is 0 Å². The number of aromatic amines is 1. The molecule has 3 rings (SSSR count). The quantitative estimate of drug-likeness (QED) is 0.798. The van der Waals surface area contributed by atoms with E-state index in [0.29, 0.717) is 11.8 Å². The van der Waals surface area contributed by atoms with E-state index in [-0.39, 0.29) is 23.5 Å². The van der Waals surface area contributed by atoms with E-state index in [9.17, 15) is 4.79 Å². The summed E-state index contributed by atoms with van der Waals surface area (Å²) in [5.74, 6) is 1.27. The highest BCUT2D eigenvalue weighted by molar-refractivity contribution is 6.16. The molecule has 2 aliphatic rings. The second-order valence-corrected chi connectivity index (χ2v) is 4.74. The second kappa shape index (κ2) is 3.86. The summed E-state index contributed by atoms with van der Waals surface area (Å²) in [4.78, 5) is 18.6. The topological polar surface area (TPSA) is 55.0 Å². The first-order valence-corrected chi connectivity index (χ1v) is 6.11. The number of rotatable bonds is 2. The molecule has 3 unspecified atom stereocenters. The van der Waals surface area contributed by atoms with Gasteiger partial charge in [-0.2, -0.15) is 0 Å². The van der Waals surface area contributed by atoms with E-state index in [1.54, 1.807) is 0 Å². The molecule has 4 nitrogen and oxygen atoms in total. The van der Waals surface area contributed by atoms with Crippen LogP contribution in [0.4, 0.5) is 0 Å². The Hall–Kier alpha value is -0.870. The molecule has 0 amide bonds. The van der Waals surface area contributed by atoms with Crippen molar-refractivity contribution in [3.63, 3.8) is 0 Å². The number of nitrogens with zero attached hydrogens (tertiary/aromatic N) is 1. The summed E-state index contributed by atoms with van der Waals surface area (Å²) in [6.07, 6.45) is 3.78. The van der Waals surface area contributed by atoms with Crippen LogP contribution in [0.2, 0.25) is 0 Å². The molecular formula is C11H13ClN2O2. The minimum atomic E-state index is -0.122. The number of fused-ring (bicyclic) bond motifs is 2. The maximum absolute atomic E-state index is 11.4. The summed E-state index contributed by atoms with van der Waals surface area (Å²) in [5, 5.41) is 0. The second-order valence-electron chi connectivity index (χ2n) is 4.47. The number of hydrogen-bond acceptors (Lipinski definition) is 3. The summed E-state index contributed by atoms with van der Waals surface area (Å²) in [5.41, 5.74) is 0.520. The first-order valence-electron chi connectivity index (χ1n) is 5.58. The average molecular weight is 241 g/mol. The zero-order valence-electron chi connectivity index (χ0n) is 8.78. The number of ether oxygens (including phenoxy) is 1. The van der Waals surface area contributed by atoms with Crippen LogP contribution < -0.4 is 5.56 Å².